The Morgan fingerprint density at radius 1 is 1.28 bits per heavy atom. The molecule has 0 aromatic carbocycles. The molecule has 0 spiro atoms. The van der Waals surface area contributed by atoms with Gasteiger partial charge in [-0.1, -0.05) is 41.0 Å². The maximum atomic E-state index is 11.7. The minimum Gasteiger partial charge on any atom is -0.480 e. The Bertz CT molecular complexity index is 281. The van der Waals surface area contributed by atoms with E-state index in [9.17, 15) is 9.59 Å². The van der Waals surface area contributed by atoms with Crippen molar-refractivity contribution in [1.29, 1.82) is 0 Å². The molecule has 2 N–H and O–H groups in total. The van der Waals surface area contributed by atoms with Crippen LogP contribution in [0.25, 0.3) is 0 Å². The highest BCUT2D eigenvalue weighted by Crippen LogP contribution is 2.21. The molecule has 0 heterocycles. The van der Waals surface area contributed by atoms with Gasteiger partial charge in [0.05, 0.1) is 0 Å². The van der Waals surface area contributed by atoms with Crippen LogP contribution >= 0.6 is 0 Å². The maximum absolute atomic E-state index is 11.7. The van der Waals surface area contributed by atoms with Gasteiger partial charge in [0.1, 0.15) is 6.04 Å². The SMILES string of the molecule is CC[C@H](C)CC(=O)N[C@@H](CCC(C)(C)C)C(=O)O. The maximum Gasteiger partial charge on any atom is 0.326 e. The van der Waals surface area contributed by atoms with Gasteiger partial charge in [0.2, 0.25) is 5.91 Å². The Balaban J connectivity index is 4.28. The van der Waals surface area contributed by atoms with Crippen LogP contribution in [0.2, 0.25) is 0 Å². The molecule has 0 bridgehead atoms. The number of amides is 1. The van der Waals surface area contributed by atoms with Crippen LogP contribution in [0, 0.1) is 11.3 Å². The Labute approximate surface area is 110 Å². The van der Waals surface area contributed by atoms with Crippen molar-refractivity contribution in [3.8, 4) is 0 Å². The summed E-state index contributed by atoms with van der Waals surface area (Å²) in [7, 11) is 0. The third-order valence-corrected chi connectivity index (χ3v) is 3.05. The molecule has 0 rings (SSSR count). The second-order valence-corrected chi connectivity index (χ2v) is 6.28. The molecule has 106 valence electrons. The van der Waals surface area contributed by atoms with Crippen LogP contribution in [-0.4, -0.2) is 23.0 Å². The Hall–Kier alpha value is -1.06. The topological polar surface area (TPSA) is 66.4 Å². The van der Waals surface area contributed by atoms with E-state index in [1.165, 1.54) is 0 Å². The third kappa shape index (κ3) is 8.09. The zero-order valence-electron chi connectivity index (χ0n) is 12.2. The van der Waals surface area contributed by atoms with Gasteiger partial charge in [0, 0.05) is 6.42 Å². The summed E-state index contributed by atoms with van der Waals surface area (Å²) < 4.78 is 0. The predicted molar refractivity (Wildman–Crippen MR) is 72.3 cm³/mol. The molecular weight excluding hydrogens is 230 g/mol. The second kappa shape index (κ2) is 7.39. The first-order chi connectivity index (χ1) is 8.15. The summed E-state index contributed by atoms with van der Waals surface area (Å²) in [6.45, 7) is 10.2. The van der Waals surface area contributed by atoms with Gasteiger partial charge in [0.25, 0.3) is 0 Å². The zero-order chi connectivity index (χ0) is 14.3. The standard InChI is InChI=1S/C14H27NO3/c1-6-10(2)9-12(16)15-11(13(17)18)7-8-14(3,4)5/h10-11H,6-9H2,1-5H3,(H,15,16)(H,17,18)/t10-,11-/m0/s1. The largest absolute Gasteiger partial charge is 0.480 e. The fourth-order valence-electron chi connectivity index (χ4n) is 1.55. The van der Waals surface area contributed by atoms with Gasteiger partial charge < -0.3 is 10.4 Å². The number of carbonyl (C=O) groups is 2. The lowest BCUT2D eigenvalue weighted by molar-refractivity contribution is -0.142. The van der Waals surface area contributed by atoms with E-state index in [0.717, 1.165) is 12.8 Å². The number of aliphatic carboxylic acids is 1. The lowest BCUT2D eigenvalue weighted by atomic mass is 9.88. The van der Waals surface area contributed by atoms with Crippen molar-refractivity contribution in [1.82, 2.24) is 5.32 Å². The normalized spacial score (nSPS) is 14.9. The summed E-state index contributed by atoms with van der Waals surface area (Å²) in [5.41, 5.74) is 0.0785. The fraction of sp³-hybridized carbons (Fsp3) is 0.857. The van der Waals surface area contributed by atoms with Crippen molar-refractivity contribution in [3.63, 3.8) is 0 Å². The summed E-state index contributed by atoms with van der Waals surface area (Å²) in [6, 6.07) is -0.763. The molecule has 0 saturated heterocycles. The Morgan fingerprint density at radius 3 is 2.22 bits per heavy atom. The van der Waals surface area contributed by atoms with E-state index in [2.05, 4.69) is 26.1 Å². The van der Waals surface area contributed by atoms with Gasteiger partial charge in [-0.05, 0) is 24.2 Å². The van der Waals surface area contributed by atoms with Crippen molar-refractivity contribution < 1.29 is 14.7 Å². The van der Waals surface area contributed by atoms with Gasteiger partial charge in [-0.25, -0.2) is 4.79 Å². The molecule has 0 unspecified atom stereocenters. The average Bonchev–Trinajstić information content (AvgIpc) is 2.22. The van der Waals surface area contributed by atoms with Crippen LogP contribution < -0.4 is 5.32 Å². The molecule has 0 aromatic rings. The lowest BCUT2D eigenvalue weighted by Crippen LogP contribution is -2.41. The van der Waals surface area contributed by atoms with Crippen LogP contribution in [-0.2, 0) is 9.59 Å². The van der Waals surface area contributed by atoms with E-state index < -0.39 is 12.0 Å². The molecule has 18 heavy (non-hydrogen) atoms. The molecule has 0 saturated carbocycles. The zero-order valence-corrected chi connectivity index (χ0v) is 12.2. The molecule has 0 aromatic heterocycles. The molecule has 0 aliphatic heterocycles. The second-order valence-electron chi connectivity index (χ2n) is 6.28. The number of hydrogen-bond donors (Lipinski definition) is 2. The smallest absolute Gasteiger partial charge is 0.326 e. The number of carbonyl (C=O) groups excluding carboxylic acids is 1. The van der Waals surface area contributed by atoms with E-state index in [4.69, 9.17) is 5.11 Å². The van der Waals surface area contributed by atoms with Crippen LogP contribution in [0.4, 0.5) is 0 Å². The van der Waals surface area contributed by atoms with E-state index in [-0.39, 0.29) is 11.3 Å². The lowest BCUT2D eigenvalue weighted by Gasteiger charge is -2.22. The van der Waals surface area contributed by atoms with Crippen LogP contribution in [0.1, 0.15) is 60.3 Å². The van der Waals surface area contributed by atoms with Crippen molar-refractivity contribution in [2.24, 2.45) is 11.3 Å². The molecule has 1 amide bonds. The predicted octanol–water partition coefficient (Wildman–Crippen LogP) is 2.82. The number of hydrogen-bond acceptors (Lipinski definition) is 2. The van der Waals surface area contributed by atoms with Crippen LogP contribution in [0.5, 0.6) is 0 Å². The van der Waals surface area contributed by atoms with E-state index in [0.29, 0.717) is 18.8 Å². The van der Waals surface area contributed by atoms with Crippen LogP contribution in [0.3, 0.4) is 0 Å². The molecule has 0 radical (unpaired) electrons. The van der Waals surface area contributed by atoms with Crippen molar-refractivity contribution in [2.75, 3.05) is 0 Å². The minimum absolute atomic E-state index is 0.0785. The van der Waals surface area contributed by atoms with Crippen molar-refractivity contribution in [2.45, 2.75) is 66.3 Å². The summed E-state index contributed by atoms with van der Waals surface area (Å²) in [5, 5.41) is 11.7. The quantitative estimate of drug-likeness (QED) is 0.737. The summed E-state index contributed by atoms with van der Waals surface area (Å²) in [6.07, 6.45) is 2.57. The van der Waals surface area contributed by atoms with Gasteiger partial charge in [-0.15, -0.1) is 0 Å². The fourth-order valence-corrected chi connectivity index (χ4v) is 1.55. The minimum atomic E-state index is -0.947. The number of nitrogens with one attached hydrogen (secondary N) is 1. The molecule has 4 nitrogen and oxygen atoms in total. The van der Waals surface area contributed by atoms with Gasteiger partial charge in [0.15, 0.2) is 0 Å². The van der Waals surface area contributed by atoms with E-state index >= 15 is 0 Å². The first kappa shape index (κ1) is 16.9. The first-order valence-electron chi connectivity index (χ1n) is 6.68. The van der Waals surface area contributed by atoms with Gasteiger partial charge >= 0.3 is 5.97 Å². The molecule has 0 aliphatic carbocycles. The summed E-state index contributed by atoms with van der Waals surface area (Å²) in [5.74, 6) is -0.815. The number of carboxylic acids is 1. The first-order valence-corrected chi connectivity index (χ1v) is 6.68. The summed E-state index contributed by atoms with van der Waals surface area (Å²) in [4.78, 5) is 22.8. The van der Waals surface area contributed by atoms with Crippen LogP contribution in [0.15, 0.2) is 0 Å². The highest BCUT2D eigenvalue weighted by molar-refractivity contribution is 5.83. The third-order valence-electron chi connectivity index (χ3n) is 3.05. The monoisotopic (exact) mass is 257 g/mol. The Kier molecular flexibility index (Phi) is 6.96. The number of carboxylic acid groups (broad SMARTS) is 1. The molecule has 4 heteroatoms. The number of rotatable bonds is 7. The van der Waals surface area contributed by atoms with Crippen molar-refractivity contribution >= 4 is 11.9 Å². The van der Waals surface area contributed by atoms with E-state index in [1.807, 2.05) is 13.8 Å². The van der Waals surface area contributed by atoms with Gasteiger partial charge in [-0.3, -0.25) is 4.79 Å². The molecule has 0 aliphatic rings. The summed E-state index contributed by atoms with van der Waals surface area (Å²) >= 11 is 0. The molecular formula is C14H27NO3. The molecule has 0 fully saturated rings. The molecule has 2 atom stereocenters. The average molecular weight is 257 g/mol. The van der Waals surface area contributed by atoms with Crippen molar-refractivity contribution in [3.05, 3.63) is 0 Å². The highest BCUT2D eigenvalue weighted by Gasteiger charge is 2.23. The van der Waals surface area contributed by atoms with Gasteiger partial charge in [-0.2, -0.15) is 0 Å². The highest BCUT2D eigenvalue weighted by atomic mass is 16.4. The Morgan fingerprint density at radius 2 is 1.83 bits per heavy atom. The van der Waals surface area contributed by atoms with E-state index in [1.54, 1.807) is 0 Å².